The van der Waals surface area contributed by atoms with E-state index < -0.39 is 5.97 Å². The average Bonchev–Trinajstić information content (AvgIpc) is 3.04. The average molecular weight is 402 g/mol. The SMILES string of the molecule is N#CC1=C(/C=C/Nc2ccc(C(=O)O)cc2)OCN1c1c(Cl)cccc1Cl. The molecule has 0 radical (unpaired) electrons. The van der Waals surface area contributed by atoms with Gasteiger partial charge in [0.25, 0.3) is 0 Å². The van der Waals surface area contributed by atoms with E-state index in [0.717, 1.165) is 0 Å². The summed E-state index contributed by atoms with van der Waals surface area (Å²) in [7, 11) is 0. The van der Waals surface area contributed by atoms with E-state index in [4.69, 9.17) is 33.0 Å². The standard InChI is InChI=1S/C19H13Cl2N3O3/c20-14-2-1-3-15(21)18(14)24-11-27-17(16(24)10-22)8-9-23-13-6-4-12(5-7-13)19(25)26/h1-9,23H,11H2,(H,25,26)/b9-8+. The lowest BCUT2D eigenvalue weighted by molar-refractivity contribution is 0.0697. The Balaban J connectivity index is 1.78. The molecule has 0 atom stereocenters. The highest BCUT2D eigenvalue weighted by Crippen LogP contribution is 2.38. The number of ether oxygens (including phenoxy) is 1. The number of aromatic carboxylic acids is 1. The van der Waals surface area contributed by atoms with E-state index in [1.807, 2.05) is 0 Å². The van der Waals surface area contributed by atoms with Crippen molar-refractivity contribution in [2.45, 2.75) is 0 Å². The molecule has 2 aromatic rings. The van der Waals surface area contributed by atoms with Crippen LogP contribution in [0.3, 0.4) is 0 Å². The Hall–Kier alpha value is -3.14. The predicted molar refractivity (Wildman–Crippen MR) is 104 cm³/mol. The van der Waals surface area contributed by atoms with Crippen molar-refractivity contribution in [2.24, 2.45) is 0 Å². The molecule has 1 heterocycles. The second-order valence-corrected chi connectivity index (χ2v) is 6.27. The van der Waals surface area contributed by atoms with Gasteiger partial charge >= 0.3 is 5.97 Å². The summed E-state index contributed by atoms with van der Waals surface area (Å²) in [5.74, 6) is -0.623. The Labute approximate surface area is 165 Å². The number of nitrogens with one attached hydrogen (secondary N) is 1. The molecule has 0 aliphatic carbocycles. The fourth-order valence-corrected chi connectivity index (χ4v) is 3.09. The minimum atomic E-state index is -0.987. The molecule has 0 saturated heterocycles. The highest BCUT2D eigenvalue weighted by molar-refractivity contribution is 6.39. The Morgan fingerprint density at radius 1 is 1.22 bits per heavy atom. The molecule has 3 rings (SSSR count). The van der Waals surface area contributed by atoms with Crippen LogP contribution in [-0.4, -0.2) is 17.8 Å². The van der Waals surface area contributed by atoms with Crippen LogP contribution in [0.5, 0.6) is 0 Å². The number of allylic oxidation sites excluding steroid dienone is 2. The van der Waals surface area contributed by atoms with Gasteiger partial charge in [-0.3, -0.25) is 4.90 Å². The first kappa shape index (κ1) is 18.6. The molecule has 0 fully saturated rings. The van der Waals surface area contributed by atoms with Gasteiger partial charge in [-0.2, -0.15) is 5.26 Å². The minimum absolute atomic E-state index is 0.110. The van der Waals surface area contributed by atoms with Crippen LogP contribution in [0.4, 0.5) is 11.4 Å². The molecule has 0 amide bonds. The van der Waals surface area contributed by atoms with Crippen LogP contribution in [0.2, 0.25) is 10.0 Å². The number of benzene rings is 2. The number of halogens is 2. The van der Waals surface area contributed by atoms with E-state index in [1.54, 1.807) is 47.5 Å². The summed E-state index contributed by atoms with van der Waals surface area (Å²) < 4.78 is 5.58. The first-order chi connectivity index (χ1) is 13.0. The molecule has 0 unspecified atom stereocenters. The summed E-state index contributed by atoms with van der Waals surface area (Å²) in [6.45, 7) is 0.110. The molecule has 0 aromatic heterocycles. The van der Waals surface area contributed by atoms with Crippen molar-refractivity contribution < 1.29 is 14.6 Å². The molecule has 0 spiro atoms. The minimum Gasteiger partial charge on any atom is -0.478 e. The van der Waals surface area contributed by atoms with Crippen LogP contribution in [0, 0.1) is 11.3 Å². The number of carbonyl (C=O) groups is 1. The number of nitriles is 1. The topological polar surface area (TPSA) is 85.6 Å². The molecule has 0 saturated carbocycles. The largest absolute Gasteiger partial charge is 0.478 e. The van der Waals surface area contributed by atoms with Crippen molar-refractivity contribution in [3.05, 3.63) is 81.8 Å². The van der Waals surface area contributed by atoms with Gasteiger partial charge in [-0.25, -0.2) is 4.79 Å². The molecule has 8 heteroatoms. The zero-order valence-electron chi connectivity index (χ0n) is 13.8. The predicted octanol–water partition coefficient (Wildman–Crippen LogP) is 4.85. The third-order valence-electron chi connectivity index (χ3n) is 3.78. The molecule has 2 aromatic carbocycles. The van der Waals surface area contributed by atoms with E-state index in [1.165, 1.54) is 12.1 Å². The van der Waals surface area contributed by atoms with Crippen LogP contribution in [-0.2, 0) is 4.74 Å². The van der Waals surface area contributed by atoms with Crippen LogP contribution < -0.4 is 10.2 Å². The third kappa shape index (κ3) is 4.00. The molecule has 136 valence electrons. The summed E-state index contributed by atoms with van der Waals surface area (Å²) in [6, 6.07) is 13.5. The quantitative estimate of drug-likeness (QED) is 0.744. The normalized spacial score (nSPS) is 13.6. The first-order valence-corrected chi connectivity index (χ1v) is 8.52. The van der Waals surface area contributed by atoms with Gasteiger partial charge in [0.05, 0.1) is 21.3 Å². The van der Waals surface area contributed by atoms with E-state index >= 15 is 0 Å². The number of anilines is 2. The van der Waals surface area contributed by atoms with Crippen molar-refractivity contribution in [1.29, 1.82) is 5.26 Å². The lowest BCUT2D eigenvalue weighted by Gasteiger charge is -2.18. The number of hydrogen-bond donors (Lipinski definition) is 2. The van der Waals surface area contributed by atoms with E-state index in [-0.39, 0.29) is 18.0 Å². The summed E-state index contributed by atoms with van der Waals surface area (Å²) in [6.07, 6.45) is 3.20. The summed E-state index contributed by atoms with van der Waals surface area (Å²) in [5.41, 5.74) is 1.69. The zero-order chi connectivity index (χ0) is 19.4. The van der Waals surface area contributed by atoms with Gasteiger partial charge in [-0.05, 0) is 42.5 Å². The molecule has 2 N–H and O–H groups in total. The maximum absolute atomic E-state index is 10.9. The van der Waals surface area contributed by atoms with E-state index in [0.29, 0.717) is 27.2 Å². The van der Waals surface area contributed by atoms with Crippen molar-refractivity contribution in [3.8, 4) is 6.07 Å². The number of nitrogens with zero attached hydrogens (tertiary/aromatic N) is 2. The Bertz CT molecular complexity index is 958. The molecule has 1 aliphatic heterocycles. The molecular weight excluding hydrogens is 389 g/mol. The molecule has 27 heavy (non-hydrogen) atoms. The second-order valence-electron chi connectivity index (χ2n) is 5.46. The summed E-state index contributed by atoms with van der Waals surface area (Å²) in [5, 5.41) is 22.2. The summed E-state index contributed by atoms with van der Waals surface area (Å²) >= 11 is 12.4. The smallest absolute Gasteiger partial charge is 0.335 e. The van der Waals surface area contributed by atoms with Crippen LogP contribution in [0.1, 0.15) is 10.4 Å². The highest BCUT2D eigenvalue weighted by Gasteiger charge is 2.27. The van der Waals surface area contributed by atoms with Gasteiger partial charge in [-0.1, -0.05) is 29.3 Å². The third-order valence-corrected chi connectivity index (χ3v) is 4.39. The first-order valence-electron chi connectivity index (χ1n) is 7.76. The van der Waals surface area contributed by atoms with Gasteiger partial charge in [0, 0.05) is 11.9 Å². The van der Waals surface area contributed by atoms with Crippen molar-refractivity contribution in [3.63, 3.8) is 0 Å². The van der Waals surface area contributed by atoms with Gasteiger partial charge in [0.2, 0.25) is 0 Å². The number of para-hydroxylation sites is 1. The maximum atomic E-state index is 10.9. The number of carboxylic acid groups (broad SMARTS) is 1. The fraction of sp³-hybridized carbons (Fsp3) is 0.0526. The molecular formula is C19H13Cl2N3O3. The highest BCUT2D eigenvalue weighted by atomic mass is 35.5. The lowest BCUT2D eigenvalue weighted by Crippen LogP contribution is -2.19. The second kappa shape index (κ2) is 8.04. The molecule has 0 bridgehead atoms. The number of hydrogen-bond acceptors (Lipinski definition) is 5. The zero-order valence-corrected chi connectivity index (χ0v) is 15.3. The summed E-state index contributed by atoms with van der Waals surface area (Å²) in [4.78, 5) is 12.5. The molecule has 6 nitrogen and oxygen atoms in total. The van der Waals surface area contributed by atoms with Crippen LogP contribution in [0.25, 0.3) is 0 Å². The van der Waals surface area contributed by atoms with E-state index in [9.17, 15) is 10.1 Å². The molecule has 1 aliphatic rings. The Morgan fingerprint density at radius 2 is 1.89 bits per heavy atom. The van der Waals surface area contributed by atoms with Gasteiger partial charge in [0.15, 0.2) is 18.2 Å². The van der Waals surface area contributed by atoms with Crippen LogP contribution >= 0.6 is 23.2 Å². The van der Waals surface area contributed by atoms with Crippen molar-refractivity contribution in [2.75, 3.05) is 16.9 Å². The monoisotopic (exact) mass is 401 g/mol. The number of rotatable bonds is 5. The van der Waals surface area contributed by atoms with E-state index in [2.05, 4.69) is 11.4 Å². The maximum Gasteiger partial charge on any atom is 0.335 e. The van der Waals surface area contributed by atoms with Gasteiger partial charge < -0.3 is 15.2 Å². The Morgan fingerprint density at radius 3 is 2.48 bits per heavy atom. The lowest BCUT2D eigenvalue weighted by atomic mass is 10.2. The van der Waals surface area contributed by atoms with Gasteiger partial charge in [-0.15, -0.1) is 0 Å². The van der Waals surface area contributed by atoms with Crippen molar-refractivity contribution >= 4 is 40.5 Å². The fourth-order valence-electron chi connectivity index (χ4n) is 2.49. The Kier molecular flexibility index (Phi) is 5.55. The van der Waals surface area contributed by atoms with Gasteiger partial charge in [0.1, 0.15) is 6.07 Å². The van der Waals surface area contributed by atoms with Crippen LogP contribution in [0.15, 0.2) is 66.2 Å². The van der Waals surface area contributed by atoms with Crippen molar-refractivity contribution in [1.82, 2.24) is 0 Å². The number of carboxylic acids is 1.